The lowest BCUT2D eigenvalue weighted by Crippen LogP contribution is -2.37. The monoisotopic (exact) mass is 483 g/mol. The van der Waals surface area contributed by atoms with Crippen molar-refractivity contribution >= 4 is 23.3 Å². The number of H-pyrrole nitrogens is 1. The molecule has 1 aromatic heterocycles. The van der Waals surface area contributed by atoms with Crippen LogP contribution in [0.2, 0.25) is 0 Å². The molecule has 8 N–H and O–H groups in total. The van der Waals surface area contributed by atoms with Gasteiger partial charge in [-0.05, 0) is 0 Å². The van der Waals surface area contributed by atoms with E-state index in [1.165, 1.54) is 0 Å². The van der Waals surface area contributed by atoms with E-state index in [0.29, 0.717) is 0 Å². The molecule has 166 valence electrons. The number of aromatic nitrogens is 2. The highest BCUT2D eigenvalue weighted by Crippen LogP contribution is 2.60. The van der Waals surface area contributed by atoms with E-state index < -0.39 is 65.7 Å². The molecule has 1 fully saturated rings. The summed E-state index contributed by atoms with van der Waals surface area (Å²) in [6.45, 7) is -0.983. The Balaban J connectivity index is 2.06. The van der Waals surface area contributed by atoms with Crippen molar-refractivity contribution in [3.63, 3.8) is 0 Å². The third kappa shape index (κ3) is 6.73. The lowest BCUT2D eigenvalue weighted by molar-refractivity contribution is -0.0526. The van der Waals surface area contributed by atoms with Crippen LogP contribution in [-0.4, -0.2) is 64.3 Å². The van der Waals surface area contributed by atoms with Crippen molar-refractivity contribution in [1.29, 1.82) is 0 Å². The molecule has 3 unspecified atom stereocenters. The lowest BCUT2D eigenvalue weighted by atomic mass is 10.1. The fourth-order valence-electron chi connectivity index (χ4n) is 2.25. The SMILES string of the molecule is O=c1ccn([C@@H]2O[C@H](COP(=O)(O)NP(=O)(O)OP(=O)(O)O)C(O)[C@@H]2O)c(=O)[nH]1. The molecule has 1 aliphatic heterocycles. The van der Waals surface area contributed by atoms with E-state index in [-0.39, 0.29) is 0 Å². The van der Waals surface area contributed by atoms with Gasteiger partial charge in [0.1, 0.15) is 18.3 Å². The van der Waals surface area contributed by atoms with Crippen LogP contribution in [0.25, 0.3) is 0 Å². The fraction of sp³-hybridized carbons (Fsp3) is 0.556. The standard InChI is InChI=1S/C9H16N3O14P3/c13-5-1-2-12(9(16)10-5)8-7(15)6(14)4(25-8)3-24-27(17,18)11-28(19,20)26-29(21,22)23/h1-2,4,6-8,14-15H,3H2,(H,10,13,16)(H2,21,22,23)(H3,11,17,18,19,20)/t4-,6?,7+,8-/m1/s1. The molecule has 6 atom stereocenters. The van der Waals surface area contributed by atoms with Gasteiger partial charge in [-0.2, -0.15) is 4.31 Å². The molecule has 0 bridgehead atoms. The lowest BCUT2D eigenvalue weighted by Gasteiger charge is -2.20. The molecule has 0 amide bonds. The molecule has 0 saturated carbocycles. The molecule has 2 heterocycles. The number of aromatic amines is 1. The Labute approximate surface area is 159 Å². The maximum atomic E-state index is 11.8. The van der Waals surface area contributed by atoms with Crippen molar-refractivity contribution in [3.8, 4) is 0 Å². The summed E-state index contributed by atoms with van der Waals surface area (Å²) >= 11 is 0. The topological polar surface area (TPSA) is 267 Å². The van der Waals surface area contributed by atoms with Crippen LogP contribution in [0.5, 0.6) is 0 Å². The number of aliphatic hydroxyl groups is 2. The summed E-state index contributed by atoms with van der Waals surface area (Å²) in [6, 6.07) is 0.930. The van der Waals surface area contributed by atoms with E-state index in [1.807, 2.05) is 4.98 Å². The number of hydrogen-bond acceptors (Lipinski definition) is 10. The van der Waals surface area contributed by atoms with Gasteiger partial charge >= 0.3 is 29.0 Å². The molecule has 2 rings (SSSR count). The Kier molecular flexibility index (Phi) is 7.20. The van der Waals surface area contributed by atoms with Gasteiger partial charge in [0.15, 0.2) is 6.23 Å². The summed E-state index contributed by atoms with van der Waals surface area (Å²) in [5, 5.41) is 19.9. The summed E-state index contributed by atoms with van der Waals surface area (Å²) in [5.74, 6) is 0. The molecule has 1 aliphatic rings. The predicted molar refractivity (Wildman–Crippen MR) is 89.1 cm³/mol. The molecule has 1 saturated heterocycles. The van der Waals surface area contributed by atoms with Crippen molar-refractivity contribution < 1.29 is 57.1 Å². The third-order valence-corrected chi connectivity index (χ3v) is 7.60. The number of ether oxygens (including phenoxy) is 1. The van der Waals surface area contributed by atoms with E-state index in [9.17, 15) is 38.4 Å². The van der Waals surface area contributed by atoms with Crippen molar-refractivity contribution in [3.05, 3.63) is 33.1 Å². The van der Waals surface area contributed by atoms with E-state index in [2.05, 4.69) is 8.83 Å². The number of nitrogens with one attached hydrogen (secondary N) is 2. The first-order chi connectivity index (χ1) is 13.1. The fourth-order valence-corrected chi connectivity index (χ4v) is 5.74. The third-order valence-electron chi connectivity index (χ3n) is 3.35. The molecule has 0 aliphatic carbocycles. The van der Waals surface area contributed by atoms with E-state index in [1.54, 1.807) is 0 Å². The summed E-state index contributed by atoms with van der Waals surface area (Å²) in [5.41, 5.74) is -1.72. The second kappa shape index (κ2) is 8.61. The normalized spacial score (nSPS) is 29.3. The average molecular weight is 483 g/mol. The summed E-state index contributed by atoms with van der Waals surface area (Å²) in [4.78, 5) is 61.2. The zero-order valence-electron chi connectivity index (χ0n) is 13.9. The molecule has 29 heavy (non-hydrogen) atoms. The molecule has 0 spiro atoms. The second-order valence-corrected chi connectivity index (χ2v) is 10.3. The average Bonchev–Trinajstić information content (AvgIpc) is 2.78. The summed E-state index contributed by atoms with van der Waals surface area (Å²) in [6.07, 6.45) is -5.58. The van der Waals surface area contributed by atoms with Gasteiger partial charge in [0, 0.05) is 12.3 Å². The van der Waals surface area contributed by atoms with Crippen LogP contribution in [0.1, 0.15) is 6.23 Å². The number of phosphoric acid groups is 1. The van der Waals surface area contributed by atoms with Crippen LogP contribution < -0.4 is 16.1 Å². The Bertz CT molecular complexity index is 1000. The van der Waals surface area contributed by atoms with Gasteiger partial charge in [0.2, 0.25) is 0 Å². The molecule has 20 heteroatoms. The highest BCUT2D eigenvalue weighted by molar-refractivity contribution is 7.70. The summed E-state index contributed by atoms with van der Waals surface area (Å²) in [7, 11) is -16.2. The smallest absolute Gasteiger partial charge is 0.387 e. The molecule has 1 aromatic rings. The quantitative estimate of drug-likeness (QED) is 0.172. The van der Waals surface area contributed by atoms with Crippen LogP contribution >= 0.6 is 23.3 Å². The second-order valence-electron chi connectivity index (χ2n) is 5.57. The molecular weight excluding hydrogens is 467 g/mol. The predicted octanol–water partition coefficient (Wildman–Crippen LogP) is -2.93. The van der Waals surface area contributed by atoms with E-state index >= 15 is 0 Å². The minimum Gasteiger partial charge on any atom is -0.387 e. The van der Waals surface area contributed by atoms with Gasteiger partial charge in [-0.1, -0.05) is 0 Å². The van der Waals surface area contributed by atoms with Crippen LogP contribution in [0, 0.1) is 0 Å². The zero-order chi connectivity index (χ0) is 22.2. The van der Waals surface area contributed by atoms with Crippen LogP contribution in [0.15, 0.2) is 21.9 Å². The van der Waals surface area contributed by atoms with Crippen LogP contribution in [-0.2, 0) is 27.3 Å². The minimum atomic E-state index is -5.50. The Hall–Kier alpha value is -1.03. The summed E-state index contributed by atoms with van der Waals surface area (Å²) < 4.78 is 47.4. The number of nitrogens with zero attached hydrogens (tertiary/aromatic N) is 1. The first-order valence-electron chi connectivity index (χ1n) is 7.30. The van der Waals surface area contributed by atoms with Gasteiger partial charge < -0.3 is 34.5 Å². The van der Waals surface area contributed by atoms with Gasteiger partial charge in [-0.3, -0.25) is 18.9 Å². The zero-order valence-corrected chi connectivity index (χ0v) is 16.6. The van der Waals surface area contributed by atoms with Crippen molar-refractivity contribution in [2.24, 2.45) is 0 Å². The van der Waals surface area contributed by atoms with E-state index in [0.717, 1.165) is 21.7 Å². The van der Waals surface area contributed by atoms with Gasteiger partial charge in [0.05, 0.1) is 6.61 Å². The van der Waals surface area contributed by atoms with E-state index in [4.69, 9.17) is 19.4 Å². The van der Waals surface area contributed by atoms with Crippen LogP contribution in [0.3, 0.4) is 0 Å². The molecule has 17 nitrogen and oxygen atoms in total. The van der Waals surface area contributed by atoms with Crippen molar-refractivity contribution in [2.45, 2.75) is 24.5 Å². The highest BCUT2D eigenvalue weighted by Gasteiger charge is 2.46. The number of hydrogen-bond donors (Lipinski definition) is 8. The van der Waals surface area contributed by atoms with Crippen molar-refractivity contribution in [2.75, 3.05) is 6.61 Å². The van der Waals surface area contributed by atoms with Gasteiger partial charge in [-0.25, -0.2) is 18.5 Å². The first-order valence-corrected chi connectivity index (χ1v) is 12.0. The van der Waals surface area contributed by atoms with Gasteiger partial charge in [-0.15, -0.1) is 4.86 Å². The Morgan fingerprint density at radius 3 is 2.28 bits per heavy atom. The maximum Gasteiger partial charge on any atom is 0.477 e. The van der Waals surface area contributed by atoms with Gasteiger partial charge in [0.25, 0.3) is 5.56 Å². The Morgan fingerprint density at radius 1 is 1.10 bits per heavy atom. The minimum absolute atomic E-state index is 0.724. The molecule has 0 radical (unpaired) electrons. The molecular formula is C9H16N3O14P3. The molecule has 0 aromatic carbocycles. The number of aliphatic hydroxyl groups excluding tert-OH is 2. The maximum absolute atomic E-state index is 11.8. The van der Waals surface area contributed by atoms with Crippen molar-refractivity contribution in [1.82, 2.24) is 14.4 Å². The highest BCUT2D eigenvalue weighted by atomic mass is 31.3. The first kappa shape index (κ1) is 24.2. The largest absolute Gasteiger partial charge is 0.477 e. The Morgan fingerprint density at radius 2 is 1.72 bits per heavy atom. The van der Waals surface area contributed by atoms with Crippen LogP contribution in [0.4, 0.5) is 0 Å². The number of rotatable bonds is 8.